The highest BCUT2D eigenvalue weighted by molar-refractivity contribution is 5.74. The highest BCUT2D eigenvalue weighted by Crippen LogP contribution is 2.17. The molecule has 31 heavy (non-hydrogen) atoms. The van der Waals surface area contributed by atoms with Crippen LogP contribution in [0.1, 0.15) is 23.1 Å². The number of aryl methyl sites for hydroxylation is 1. The molecule has 5 heteroatoms. The number of rotatable bonds is 10. The maximum atomic E-state index is 13.0. The number of benzene rings is 3. The number of nitrogens with one attached hydrogen (secondary N) is 1. The molecule has 3 aromatic carbocycles. The average molecular weight is 419 g/mol. The van der Waals surface area contributed by atoms with Crippen LogP contribution < -0.4 is 14.8 Å². The zero-order chi connectivity index (χ0) is 21.9. The van der Waals surface area contributed by atoms with E-state index in [2.05, 4.69) is 17.4 Å². The molecule has 0 fully saturated rings. The fraction of sp³-hybridized carbons (Fsp3) is 0.269. The topological polar surface area (TPSA) is 50.8 Å². The van der Waals surface area contributed by atoms with Gasteiger partial charge in [-0.2, -0.15) is 0 Å². The molecule has 0 heterocycles. The van der Waals surface area contributed by atoms with Gasteiger partial charge in [0.1, 0.15) is 11.5 Å². The van der Waals surface area contributed by atoms with E-state index in [9.17, 15) is 4.79 Å². The summed E-state index contributed by atoms with van der Waals surface area (Å²) in [4.78, 5) is 14.8. The summed E-state index contributed by atoms with van der Waals surface area (Å²) in [6, 6.07) is 25.9. The Morgan fingerprint density at radius 2 is 1.26 bits per heavy atom. The lowest BCUT2D eigenvalue weighted by molar-refractivity contribution is 0.192. The molecule has 0 aliphatic carbocycles. The van der Waals surface area contributed by atoms with Gasteiger partial charge >= 0.3 is 6.03 Å². The zero-order valence-electron chi connectivity index (χ0n) is 18.2. The summed E-state index contributed by atoms with van der Waals surface area (Å²) in [5.74, 6) is 1.60. The SMILES string of the molecule is COc1ccc(CN(Cc2ccc(OC)cc2)C(=O)NCCCc2ccccc2)cc1. The van der Waals surface area contributed by atoms with E-state index < -0.39 is 0 Å². The Labute approximate surface area is 184 Å². The molecule has 0 saturated carbocycles. The van der Waals surface area contributed by atoms with Crippen LogP contribution in [-0.4, -0.2) is 31.7 Å². The Morgan fingerprint density at radius 1 is 0.742 bits per heavy atom. The maximum absolute atomic E-state index is 13.0. The van der Waals surface area contributed by atoms with Crippen molar-refractivity contribution < 1.29 is 14.3 Å². The Kier molecular flexibility index (Phi) is 8.35. The third kappa shape index (κ3) is 7.07. The molecular formula is C26H30N2O3. The fourth-order valence-corrected chi connectivity index (χ4v) is 3.35. The van der Waals surface area contributed by atoms with E-state index >= 15 is 0 Å². The minimum absolute atomic E-state index is 0.0697. The molecule has 3 rings (SSSR count). The van der Waals surface area contributed by atoms with E-state index in [1.807, 2.05) is 71.6 Å². The number of ether oxygens (including phenoxy) is 2. The molecule has 0 spiro atoms. The number of carbonyl (C=O) groups excluding carboxylic acids is 1. The number of carbonyl (C=O) groups is 1. The zero-order valence-corrected chi connectivity index (χ0v) is 18.2. The van der Waals surface area contributed by atoms with Crippen LogP contribution in [-0.2, 0) is 19.5 Å². The molecule has 1 N–H and O–H groups in total. The van der Waals surface area contributed by atoms with Gasteiger partial charge in [-0.1, -0.05) is 54.6 Å². The minimum Gasteiger partial charge on any atom is -0.497 e. The van der Waals surface area contributed by atoms with Crippen molar-refractivity contribution in [1.29, 1.82) is 0 Å². The number of urea groups is 1. The van der Waals surface area contributed by atoms with E-state index in [0.717, 1.165) is 35.5 Å². The summed E-state index contributed by atoms with van der Waals surface area (Å²) in [5, 5.41) is 3.08. The van der Waals surface area contributed by atoms with Crippen LogP contribution in [0, 0.1) is 0 Å². The molecule has 0 unspecified atom stereocenters. The van der Waals surface area contributed by atoms with Crippen LogP contribution in [0.25, 0.3) is 0 Å². The monoisotopic (exact) mass is 418 g/mol. The van der Waals surface area contributed by atoms with Gasteiger partial charge in [0.05, 0.1) is 14.2 Å². The highest BCUT2D eigenvalue weighted by Gasteiger charge is 2.14. The molecule has 0 aliphatic rings. The van der Waals surface area contributed by atoms with Crippen molar-refractivity contribution in [2.75, 3.05) is 20.8 Å². The first-order chi connectivity index (χ1) is 15.2. The van der Waals surface area contributed by atoms with Crippen molar-refractivity contribution in [3.8, 4) is 11.5 Å². The van der Waals surface area contributed by atoms with Crippen molar-refractivity contribution in [1.82, 2.24) is 10.2 Å². The number of hydrogen-bond donors (Lipinski definition) is 1. The third-order valence-electron chi connectivity index (χ3n) is 5.11. The van der Waals surface area contributed by atoms with Gasteiger partial charge in [-0.25, -0.2) is 4.79 Å². The summed E-state index contributed by atoms with van der Waals surface area (Å²) < 4.78 is 10.5. The first kappa shape index (κ1) is 22.2. The largest absolute Gasteiger partial charge is 0.497 e. The van der Waals surface area contributed by atoms with Crippen LogP contribution in [0.2, 0.25) is 0 Å². The second-order valence-electron chi connectivity index (χ2n) is 7.37. The van der Waals surface area contributed by atoms with Crippen LogP contribution in [0.4, 0.5) is 4.79 Å². The van der Waals surface area contributed by atoms with E-state index in [-0.39, 0.29) is 6.03 Å². The lowest BCUT2D eigenvalue weighted by Gasteiger charge is -2.24. The molecule has 0 aromatic heterocycles. The Balaban J connectivity index is 1.61. The summed E-state index contributed by atoms with van der Waals surface area (Å²) >= 11 is 0. The van der Waals surface area contributed by atoms with Gasteiger partial charge in [-0.3, -0.25) is 0 Å². The Morgan fingerprint density at radius 3 is 1.74 bits per heavy atom. The Hall–Kier alpha value is -3.47. The predicted octanol–water partition coefficient (Wildman–Crippen LogP) is 5.05. The smallest absolute Gasteiger partial charge is 0.318 e. The number of nitrogens with zero attached hydrogens (tertiary/aromatic N) is 1. The number of methoxy groups -OCH3 is 2. The third-order valence-corrected chi connectivity index (χ3v) is 5.11. The molecule has 0 saturated heterocycles. The van der Waals surface area contributed by atoms with Crippen molar-refractivity contribution in [2.45, 2.75) is 25.9 Å². The molecule has 5 nitrogen and oxygen atoms in total. The van der Waals surface area contributed by atoms with Crippen molar-refractivity contribution in [2.24, 2.45) is 0 Å². The quantitative estimate of drug-likeness (QED) is 0.469. The van der Waals surface area contributed by atoms with Gasteiger partial charge in [0, 0.05) is 19.6 Å². The fourth-order valence-electron chi connectivity index (χ4n) is 3.35. The molecular weight excluding hydrogens is 388 g/mol. The number of amides is 2. The molecule has 2 amide bonds. The standard InChI is InChI=1S/C26H30N2O3/c1-30-24-14-10-22(11-15-24)19-28(20-23-12-16-25(31-2)17-13-23)26(29)27-18-6-9-21-7-4-3-5-8-21/h3-5,7-8,10-17H,6,9,18-20H2,1-2H3,(H,27,29). The summed E-state index contributed by atoms with van der Waals surface area (Å²) in [5.41, 5.74) is 3.38. The lowest BCUT2D eigenvalue weighted by atomic mass is 10.1. The van der Waals surface area contributed by atoms with E-state index in [0.29, 0.717) is 19.6 Å². The molecule has 162 valence electrons. The van der Waals surface area contributed by atoms with E-state index in [1.165, 1.54) is 5.56 Å². The Bertz CT molecular complexity index is 876. The second kappa shape index (κ2) is 11.6. The van der Waals surface area contributed by atoms with Gasteiger partial charge in [0.25, 0.3) is 0 Å². The van der Waals surface area contributed by atoms with E-state index in [4.69, 9.17) is 9.47 Å². The van der Waals surface area contributed by atoms with Gasteiger partial charge in [-0.15, -0.1) is 0 Å². The maximum Gasteiger partial charge on any atom is 0.318 e. The van der Waals surface area contributed by atoms with Crippen molar-refractivity contribution in [3.63, 3.8) is 0 Å². The summed E-state index contributed by atoms with van der Waals surface area (Å²) in [6.07, 6.45) is 1.84. The molecule has 3 aromatic rings. The van der Waals surface area contributed by atoms with Crippen LogP contribution in [0.3, 0.4) is 0 Å². The molecule has 0 atom stereocenters. The normalized spacial score (nSPS) is 10.4. The molecule has 0 aliphatic heterocycles. The minimum atomic E-state index is -0.0697. The lowest BCUT2D eigenvalue weighted by Crippen LogP contribution is -2.39. The molecule has 0 radical (unpaired) electrons. The van der Waals surface area contributed by atoms with Crippen LogP contribution in [0.5, 0.6) is 11.5 Å². The van der Waals surface area contributed by atoms with Crippen LogP contribution in [0.15, 0.2) is 78.9 Å². The summed E-state index contributed by atoms with van der Waals surface area (Å²) in [6.45, 7) is 1.66. The summed E-state index contributed by atoms with van der Waals surface area (Å²) in [7, 11) is 3.29. The first-order valence-corrected chi connectivity index (χ1v) is 10.5. The second-order valence-corrected chi connectivity index (χ2v) is 7.37. The van der Waals surface area contributed by atoms with Gasteiger partial charge in [0.15, 0.2) is 0 Å². The van der Waals surface area contributed by atoms with E-state index in [1.54, 1.807) is 14.2 Å². The number of hydrogen-bond acceptors (Lipinski definition) is 3. The van der Waals surface area contributed by atoms with Gasteiger partial charge in [-0.05, 0) is 53.8 Å². The van der Waals surface area contributed by atoms with Crippen LogP contribution >= 0.6 is 0 Å². The van der Waals surface area contributed by atoms with Gasteiger partial charge in [0.2, 0.25) is 0 Å². The average Bonchev–Trinajstić information content (AvgIpc) is 2.83. The van der Waals surface area contributed by atoms with Gasteiger partial charge < -0.3 is 19.7 Å². The predicted molar refractivity (Wildman–Crippen MR) is 123 cm³/mol. The van der Waals surface area contributed by atoms with Crippen molar-refractivity contribution in [3.05, 3.63) is 95.6 Å². The van der Waals surface area contributed by atoms with Crippen molar-refractivity contribution >= 4 is 6.03 Å². The first-order valence-electron chi connectivity index (χ1n) is 10.5. The molecule has 0 bridgehead atoms. The highest BCUT2D eigenvalue weighted by atomic mass is 16.5.